The molecule has 1 nitrogen and oxygen atoms in total. The lowest BCUT2D eigenvalue weighted by Gasteiger charge is -2.17. The number of rotatable bonds is 3. The van der Waals surface area contributed by atoms with Crippen molar-refractivity contribution >= 4 is 5.69 Å². The van der Waals surface area contributed by atoms with E-state index in [4.69, 9.17) is 0 Å². The Kier molecular flexibility index (Phi) is 3.97. The summed E-state index contributed by atoms with van der Waals surface area (Å²) >= 11 is 0. The molecule has 0 aliphatic carbocycles. The van der Waals surface area contributed by atoms with E-state index in [-0.39, 0.29) is 11.5 Å². The predicted molar refractivity (Wildman–Crippen MR) is 69.5 cm³/mol. The van der Waals surface area contributed by atoms with Gasteiger partial charge in [-0.05, 0) is 43.2 Å². The number of benzene rings is 2. The molecule has 1 atom stereocenters. The van der Waals surface area contributed by atoms with Crippen LogP contribution in [-0.2, 0) is 0 Å². The van der Waals surface area contributed by atoms with E-state index in [1.165, 1.54) is 6.07 Å². The third-order valence-corrected chi connectivity index (χ3v) is 3.10. The topological polar surface area (TPSA) is 12.0 Å². The Morgan fingerprint density at radius 2 is 1.60 bits per heavy atom. The van der Waals surface area contributed by atoms with Gasteiger partial charge in [-0.3, -0.25) is 0 Å². The van der Waals surface area contributed by atoms with Crippen LogP contribution >= 0.6 is 0 Å². The summed E-state index contributed by atoms with van der Waals surface area (Å²) in [6.07, 6.45) is 0. The van der Waals surface area contributed by atoms with E-state index in [1.54, 1.807) is 26.0 Å². The summed E-state index contributed by atoms with van der Waals surface area (Å²) in [5.41, 5.74) is 0.912. The van der Waals surface area contributed by atoms with Crippen LogP contribution in [0.4, 0.5) is 23.2 Å². The molecule has 0 bridgehead atoms. The van der Waals surface area contributed by atoms with Crippen molar-refractivity contribution in [3.05, 3.63) is 64.7 Å². The fourth-order valence-corrected chi connectivity index (χ4v) is 1.83. The zero-order valence-corrected chi connectivity index (χ0v) is 11.0. The van der Waals surface area contributed by atoms with Gasteiger partial charge in [0.05, 0.1) is 5.69 Å². The molecule has 0 radical (unpaired) electrons. The van der Waals surface area contributed by atoms with E-state index in [9.17, 15) is 17.6 Å². The van der Waals surface area contributed by atoms with Crippen LogP contribution in [0.5, 0.6) is 0 Å². The molecule has 0 amide bonds. The van der Waals surface area contributed by atoms with E-state index >= 15 is 0 Å². The van der Waals surface area contributed by atoms with Gasteiger partial charge in [-0.15, -0.1) is 0 Å². The lowest BCUT2D eigenvalue weighted by molar-refractivity contribution is 0.448. The molecule has 0 saturated heterocycles. The number of halogens is 4. The van der Waals surface area contributed by atoms with Crippen LogP contribution in [0.25, 0.3) is 0 Å². The molecule has 0 aliphatic heterocycles. The molecule has 0 saturated carbocycles. The van der Waals surface area contributed by atoms with Crippen molar-refractivity contribution in [3.8, 4) is 0 Å². The van der Waals surface area contributed by atoms with E-state index < -0.39 is 23.5 Å². The molecule has 0 spiro atoms. The van der Waals surface area contributed by atoms with Crippen molar-refractivity contribution in [3.63, 3.8) is 0 Å². The maximum atomic E-state index is 13.5. The number of aryl methyl sites for hydroxylation is 1. The fourth-order valence-electron chi connectivity index (χ4n) is 1.83. The van der Waals surface area contributed by atoms with E-state index in [2.05, 4.69) is 5.32 Å². The molecule has 2 aromatic carbocycles. The van der Waals surface area contributed by atoms with E-state index in [0.29, 0.717) is 11.1 Å². The van der Waals surface area contributed by atoms with Crippen molar-refractivity contribution in [1.82, 2.24) is 0 Å². The Morgan fingerprint density at radius 1 is 0.900 bits per heavy atom. The third kappa shape index (κ3) is 2.76. The van der Waals surface area contributed by atoms with Gasteiger partial charge < -0.3 is 5.32 Å². The van der Waals surface area contributed by atoms with Gasteiger partial charge in [-0.2, -0.15) is 0 Å². The molecule has 2 rings (SSSR count). The van der Waals surface area contributed by atoms with Crippen molar-refractivity contribution in [1.29, 1.82) is 0 Å². The average Bonchev–Trinajstić information content (AvgIpc) is 2.42. The number of nitrogens with one attached hydrogen (secondary N) is 1. The third-order valence-electron chi connectivity index (χ3n) is 3.10. The van der Waals surface area contributed by atoms with Crippen LogP contribution in [-0.4, -0.2) is 0 Å². The first kappa shape index (κ1) is 14.4. The quantitative estimate of drug-likeness (QED) is 0.634. The van der Waals surface area contributed by atoms with Gasteiger partial charge in [-0.1, -0.05) is 12.1 Å². The van der Waals surface area contributed by atoms with Crippen molar-refractivity contribution in [2.24, 2.45) is 0 Å². The van der Waals surface area contributed by atoms with Crippen LogP contribution in [0.1, 0.15) is 24.1 Å². The van der Waals surface area contributed by atoms with Crippen molar-refractivity contribution < 1.29 is 17.6 Å². The maximum absolute atomic E-state index is 13.5. The lowest BCUT2D eigenvalue weighted by Crippen LogP contribution is -2.09. The summed E-state index contributed by atoms with van der Waals surface area (Å²) in [5, 5.41) is 2.69. The largest absolute Gasteiger partial charge is 0.376 e. The Balaban J connectivity index is 2.25. The molecule has 1 unspecified atom stereocenters. The normalized spacial score (nSPS) is 12.3. The Hall–Kier alpha value is -2.04. The van der Waals surface area contributed by atoms with Crippen molar-refractivity contribution in [2.45, 2.75) is 19.9 Å². The van der Waals surface area contributed by atoms with Gasteiger partial charge in [0.2, 0.25) is 0 Å². The predicted octanol–water partition coefficient (Wildman–Crippen LogP) is 4.72. The molecule has 0 heterocycles. The number of hydrogen-bond donors (Lipinski definition) is 1. The smallest absolute Gasteiger partial charge is 0.196 e. The first-order chi connectivity index (χ1) is 9.40. The molecule has 0 aromatic heterocycles. The Morgan fingerprint density at radius 3 is 2.25 bits per heavy atom. The van der Waals surface area contributed by atoms with Gasteiger partial charge in [0.15, 0.2) is 17.5 Å². The molecule has 106 valence electrons. The minimum atomic E-state index is -1.53. The summed E-state index contributed by atoms with van der Waals surface area (Å²) in [6.45, 7) is 3.30. The van der Waals surface area contributed by atoms with Crippen LogP contribution in [0.3, 0.4) is 0 Å². The molecule has 20 heavy (non-hydrogen) atoms. The zero-order valence-electron chi connectivity index (χ0n) is 11.0. The van der Waals surface area contributed by atoms with E-state index in [0.717, 1.165) is 12.1 Å². The minimum Gasteiger partial charge on any atom is -0.376 e. The SMILES string of the molecule is Cc1ccc(C(C)Nc2ccc(F)c(F)c2F)cc1F. The molecular formula is C15H13F4N. The zero-order chi connectivity index (χ0) is 14.9. The highest BCUT2D eigenvalue weighted by Crippen LogP contribution is 2.25. The van der Waals surface area contributed by atoms with Crippen LogP contribution in [0.15, 0.2) is 30.3 Å². The second-order valence-electron chi connectivity index (χ2n) is 4.60. The van der Waals surface area contributed by atoms with Gasteiger partial charge in [0.1, 0.15) is 5.82 Å². The maximum Gasteiger partial charge on any atom is 0.196 e. The lowest BCUT2D eigenvalue weighted by atomic mass is 10.1. The molecule has 0 fully saturated rings. The number of anilines is 1. The summed E-state index contributed by atoms with van der Waals surface area (Å²) in [7, 11) is 0. The highest BCUT2D eigenvalue weighted by molar-refractivity contribution is 5.47. The Bertz CT molecular complexity index is 640. The van der Waals surface area contributed by atoms with E-state index in [1.807, 2.05) is 0 Å². The minimum absolute atomic E-state index is 0.169. The molecular weight excluding hydrogens is 270 g/mol. The number of hydrogen-bond acceptors (Lipinski definition) is 1. The fraction of sp³-hybridized carbons (Fsp3) is 0.200. The van der Waals surface area contributed by atoms with Crippen molar-refractivity contribution in [2.75, 3.05) is 5.32 Å². The van der Waals surface area contributed by atoms with Gasteiger partial charge >= 0.3 is 0 Å². The molecule has 5 heteroatoms. The first-order valence-electron chi connectivity index (χ1n) is 6.06. The molecule has 2 aromatic rings. The van der Waals surface area contributed by atoms with Gasteiger partial charge in [0.25, 0.3) is 0 Å². The second-order valence-corrected chi connectivity index (χ2v) is 4.60. The first-order valence-corrected chi connectivity index (χ1v) is 6.06. The standard InChI is InChI=1S/C15H13F4N/c1-8-3-4-10(7-12(8)17)9(2)20-13-6-5-11(16)14(18)15(13)19/h3-7,9,20H,1-2H3. The summed E-state index contributed by atoms with van der Waals surface area (Å²) in [4.78, 5) is 0. The molecule has 0 aliphatic rings. The summed E-state index contributed by atoms with van der Waals surface area (Å²) in [6, 6.07) is 6.10. The Labute approximate surface area is 114 Å². The summed E-state index contributed by atoms with van der Waals surface area (Å²) < 4.78 is 52.9. The summed E-state index contributed by atoms with van der Waals surface area (Å²) in [5.74, 6) is -4.44. The van der Waals surface area contributed by atoms with Gasteiger partial charge in [0, 0.05) is 6.04 Å². The second kappa shape index (κ2) is 5.53. The highest BCUT2D eigenvalue weighted by atomic mass is 19.2. The van der Waals surface area contributed by atoms with Gasteiger partial charge in [-0.25, -0.2) is 17.6 Å². The highest BCUT2D eigenvalue weighted by Gasteiger charge is 2.15. The molecule has 1 N–H and O–H groups in total. The monoisotopic (exact) mass is 283 g/mol. The average molecular weight is 283 g/mol. The van der Waals surface area contributed by atoms with Crippen LogP contribution in [0.2, 0.25) is 0 Å². The van der Waals surface area contributed by atoms with Crippen LogP contribution < -0.4 is 5.32 Å². The van der Waals surface area contributed by atoms with Crippen LogP contribution in [0, 0.1) is 30.2 Å².